The molecular weight excluding hydrogens is 472 g/mol. The molecule has 0 atom stereocenters. The minimum absolute atomic E-state index is 0.0991. The molecule has 0 bridgehead atoms. The molecule has 5 nitrogen and oxygen atoms in total. The lowest BCUT2D eigenvalue weighted by molar-refractivity contribution is 0.0746. The zero-order valence-electron chi connectivity index (χ0n) is 21.2. The summed E-state index contributed by atoms with van der Waals surface area (Å²) in [6.07, 6.45) is 0. The molecule has 1 saturated heterocycles. The number of ether oxygens (including phenoxy) is 1. The number of hydrogen-bond donors (Lipinski definition) is 0. The van der Waals surface area contributed by atoms with Crippen molar-refractivity contribution in [2.24, 2.45) is 0 Å². The molecule has 0 radical (unpaired) electrons. The average molecular weight is 502 g/mol. The molecule has 4 aromatic rings. The highest BCUT2D eigenvalue weighted by atomic mass is 19.1. The van der Waals surface area contributed by atoms with Crippen LogP contribution in [0.1, 0.15) is 21.6 Å². The summed E-state index contributed by atoms with van der Waals surface area (Å²) in [5.74, 6) is -0.758. The lowest BCUT2D eigenvalue weighted by Crippen LogP contribution is -2.49. The number of anilines is 1. The fourth-order valence-corrected chi connectivity index (χ4v) is 5.01. The number of benzene rings is 3. The van der Waals surface area contributed by atoms with Crippen LogP contribution in [0.3, 0.4) is 0 Å². The third kappa shape index (κ3) is 4.69. The van der Waals surface area contributed by atoms with Gasteiger partial charge in [-0.25, -0.2) is 8.78 Å². The van der Waals surface area contributed by atoms with Gasteiger partial charge in [-0.1, -0.05) is 18.2 Å². The van der Waals surface area contributed by atoms with Gasteiger partial charge in [0.2, 0.25) is 0 Å². The van der Waals surface area contributed by atoms with E-state index in [1.807, 2.05) is 41.3 Å². The Morgan fingerprint density at radius 1 is 0.838 bits per heavy atom. The van der Waals surface area contributed by atoms with Crippen molar-refractivity contribution in [3.05, 3.63) is 101 Å². The highest BCUT2D eigenvalue weighted by Crippen LogP contribution is 2.33. The Balaban J connectivity index is 1.49. The standard InChI is InChI=1S/C30H29F2N3O2/c1-20-6-4-5-7-27(20)33-14-16-34(17-15-33)30(36)25-19-29(22-8-11-24(37-3)12-9-22)35(21(25)2)28-13-10-23(31)18-26(28)32/h4-13,18-19H,14-17H2,1-3H3. The Labute approximate surface area is 215 Å². The molecular formula is C30H29F2N3O2. The maximum absolute atomic E-state index is 15.0. The number of para-hydroxylation sites is 1. The van der Waals surface area contributed by atoms with Gasteiger partial charge in [-0.2, -0.15) is 0 Å². The van der Waals surface area contributed by atoms with Crippen molar-refractivity contribution < 1.29 is 18.3 Å². The monoisotopic (exact) mass is 501 g/mol. The molecule has 1 amide bonds. The van der Waals surface area contributed by atoms with Gasteiger partial charge in [-0.3, -0.25) is 4.79 Å². The Morgan fingerprint density at radius 2 is 1.54 bits per heavy atom. The molecule has 0 unspecified atom stereocenters. The number of methoxy groups -OCH3 is 1. The SMILES string of the molecule is COc1ccc(-c2cc(C(=O)N3CCN(c4ccccc4C)CC3)c(C)n2-c2ccc(F)cc2F)cc1. The molecule has 37 heavy (non-hydrogen) atoms. The highest BCUT2D eigenvalue weighted by Gasteiger charge is 2.27. The highest BCUT2D eigenvalue weighted by molar-refractivity contribution is 5.97. The smallest absolute Gasteiger partial charge is 0.255 e. The molecule has 0 aliphatic carbocycles. The fraction of sp³-hybridized carbons (Fsp3) is 0.233. The van der Waals surface area contributed by atoms with Crippen LogP contribution in [0.5, 0.6) is 5.75 Å². The van der Waals surface area contributed by atoms with E-state index >= 15 is 0 Å². The van der Waals surface area contributed by atoms with Gasteiger partial charge in [0.15, 0.2) is 0 Å². The lowest BCUT2D eigenvalue weighted by Gasteiger charge is -2.36. The number of aromatic nitrogens is 1. The molecule has 3 aromatic carbocycles. The van der Waals surface area contributed by atoms with E-state index in [4.69, 9.17) is 4.74 Å². The second-order valence-electron chi connectivity index (χ2n) is 9.25. The van der Waals surface area contributed by atoms with E-state index in [0.717, 1.165) is 24.7 Å². The van der Waals surface area contributed by atoms with Gasteiger partial charge < -0.3 is 19.1 Å². The summed E-state index contributed by atoms with van der Waals surface area (Å²) in [7, 11) is 1.59. The van der Waals surface area contributed by atoms with Crippen LogP contribution in [-0.4, -0.2) is 48.7 Å². The predicted molar refractivity (Wildman–Crippen MR) is 142 cm³/mol. The van der Waals surface area contributed by atoms with E-state index in [-0.39, 0.29) is 11.6 Å². The zero-order chi connectivity index (χ0) is 26.1. The Hall–Kier alpha value is -4.13. The van der Waals surface area contributed by atoms with Gasteiger partial charge in [0, 0.05) is 43.6 Å². The molecule has 7 heteroatoms. The molecule has 0 N–H and O–H groups in total. The summed E-state index contributed by atoms with van der Waals surface area (Å²) >= 11 is 0. The van der Waals surface area contributed by atoms with Gasteiger partial charge in [0.25, 0.3) is 5.91 Å². The lowest BCUT2D eigenvalue weighted by atomic mass is 10.1. The summed E-state index contributed by atoms with van der Waals surface area (Å²) in [6, 6.07) is 20.9. The molecule has 1 aliphatic rings. The quantitative estimate of drug-likeness (QED) is 0.336. The summed E-state index contributed by atoms with van der Waals surface area (Å²) in [4.78, 5) is 17.9. The Kier molecular flexibility index (Phi) is 6.70. The molecule has 1 aromatic heterocycles. The minimum Gasteiger partial charge on any atom is -0.497 e. The van der Waals surface area contributed by atoms with Crippen molar-refractivity contribution in [2.45, 2.75) is 13.8 Å². The van der Waals surface area contributed by atoms with E-state index in [0.29, 0.717) is 35.8 Å². The third-order valence-corrected chi connectivity index (χ3v) is 7.04. The van der Waals surface area contributed by atoms with Gasteiger partial charge in [-0.15, -0.1) is 0 Å². The van der Waals surface area contributed by atoms with Crippen LogP contribution in [-0.2, 0) is 0 Å². The van der Waals surface area contributed by atoms with Crippen LogP contribution in [0.2, 0.25) is 0 Å². The molecule has 2 heterocycles. The second kappa shape index (κ2) is 10.1. The van der Waals surface area contributed by atoms with Gasteiger partial charge >= 0.3 is 0 Å². The number of halogens is 2. The fourth-order valence-electron chi connectivity index (χ4n) is 5.01. The maximum atomic E-state index is 15.0. The number of rotatable bonds is 5. The second-order valence-corrected chi connectivity index (χ2v) is 9.25. The first-order chi connectivity index (χ1) is 17.9. The van der Waals surface area contributed by atoms with E-state index in [1.165, 1.54) is 23.4 Å². The van der Waals surface area contributed by atoms with Gasteiger partial charge in [0.05, 0.1) is 24.1 Å². The van der Waals surface area contributed by atoms with Crippen molar-refractivity contribution >= 4 is 11.6 Å². The predicted octanol–water partition coefficient (Wildman–Crippen LogP) is 6.01. The first kappa shape index (κ1) is 24.6. The minimum atomic E-state index is -0.695. The Bertz CT molecular complexity index is 1440. The van der Waals surface area contributed by atoms with Crippen molar-refractivity contribution in [1.82, 2.24) is 9.47 Å². The molecule has 0 spiro atoms. The van der Waals surface area contributed by atoms with Crippen molar-refractivity contribution in [3.63, 3.8) is 0 Å². The molecule has 1 aliphatic heterocycles. The van der Waals surface area contributed by atoms with Crippen LogP contribution in [0, 0.1) is 25.5 Å². The molecule has 5 rings (SSSR count). The first-order valence-corrected chi connectivity index (χ1v) is 12.3. The largest absolute Gasteiger partial charge is 0.497 e. The van der Waals surface area contributed by atoms with Crippen molar-refractivity contribution in [2.75, 3.05) is 38.2 Å². The van der Waals surface area contributed by atoms with Gasteiger partial charge in [-0.05, 0) is 73.5 Å². The molecule has 0 saturated carbocycles. The maximum Gasteiger partial charge on any atom is 0.255 e. The molecule has 1 fully saturated rings. The first-order valence-electron chi connectivity index (χ1n) is 12.3. The average Bonchev–Trinajstić information content (AvgIpc) is 3.25. The number of carbonyl (C=O) groups excluding carboxylic acids is 1. The Morgan fingerprint density at radius 3 is 2.19 bits per heavy atom. The summed E-state index contributed by atoms with van der Waals surface area (Å²) in [5.41, 5.74) is 5.12. The summed E-state index contributed by atoms with van der Waals surface area (Å²) in [6.45, 7) is 6.52. The van der Waals surface area contributed by atoms with Gasteiger partial charge in [0.1, 0.15) is 17.4 Å². The topological polar surface area (TPSA) is 37.7 Å². The summed E-state index contributed by atoms with van der Waals surface area (Å²) in [5, 5.41) is 0. The molecule has 190 valence electrons. The number of hydrogen-bond acceptors (Lipinski definition) is 3. The van der Waals surface area contributed by atoms with E-state index in [9.17, 15) is 13.6 Å². The van der Waals surface area contributed by atoms with Crippen LogP contribution in [0.15, 0.2) is 72.8 Å². The third-order valence-electron chi connectivity index (χ3n) is 7.04. The number of carbonyl (C=O) groups is 1. The van der Waals surface area contributed by atoms with Crippen LogP contribution >= 0.6 is 0 Å². The normalized spacial score (nSPS) is 13.6. The zero-order valence-corrected chi connectivity index (χ0v) is 21.2. The van der Waals surface area contributed by atoms with E-state index in [1.54, 1.807) is 24.7 Å². The number of aryl methyl sites for hydroxylation is 1. The van der Waals surface area contributed by atoms with Crippen LogP contribution < -0.4 is 9.64 Å². The number of piperazine rings is 1. The number of nitrogens with zero attached hydrogens (tertiary/aromatic N) is 3. The summed E-state index contributed by atoms with van der Waals surface area (Å²) < 4.78 is 35.6. The number of amides is 1. The van der Waals surface area contributed by atoms with Crippen molar-refractivity contribution in [1.29, 1.82) is 0 Å². The van der Waals surface area contributed by atoms with Crippen LogP contribution in [0.4, 0.5) is 14.5 Å². The van der Waals surface area contributed by atoms with Crippen LogP contribution in [0.25, 0.3) is 16.9 Å². The van der Waals surface area contributed by atoms with E-state index in [2.05, 4.69) is 24.0 Å². The van der Waals surface area contributed by atoms with Crippen molar-refractivity contribution in [3.8, 4) is 22.7 Å². The van der Waals surface area contributed by atoms with E-state index < -0.39 is 11.6 Å².